The summed E-state index contributed by atoms with van der Waals surface area (Å²) in [7, 11) is 0. The van der Waals surface area contributed by atoms with E-state index in [9.17, 15) is 0 Å². The topological polar surface area (TPSA) is 95.5 Å². The molecule has 4 aliphatic heterocycles. The molecule has 0 unspecified atom stereocenters. The molecular formula is C34H74N10. The third-order valence-corrected chi connectivity index (χ3v) is 10.1. The first kappa shape index (κ1) is 38.1. The Morgan fingerprint density at radius 1 is 0.295 bits per heavy atom. The molecule has 0 aromatic rings. The van der Waals surface area contributed by atoms with E-state index in [1.54, 1.807) is 0 Å². The highest BCUT2D eigenvalue weighted by atomic mass is 15.3. The molecule has 10 heteroatoms. The number of piperazine rings is 4. The summed E-state index contributed by atoms with van der Waals surface area (Å²) in [6, 6.07) is 0. The molecule has 0 aliphatic carbocycles. The van der Waals surface area contributed by atoms with Crippen molar-refractivity contribution < 1.29 is 0 Å². The van der Waals surface area contributed by atoms with Crippen LogP contribution in [0, 0.1) is 0 Å². The molecule has 0 bridgehead atoms. The number of rotatable bonds is 20. The molecule has 0 saturated carbocycles. The Morgan fingerprint density at radius 3 is 0.841 bits per heavy atom. The van der Waals surface area contributed by atoms with Crippen LogP contribution in [0.1, 0.15) is 64.2 Å². The molecule has 0 aromatic heterocycles. The van der Waals surface area contributed by atoms with Gasteiger partial charge < -0.3 is 51.5 Å². The first-order chi connectivity index (χ1) is 21.8. The number of unbranched alkanes of at least 4 members (excludes halogenated alkanes) is 6. The molecule has 4 fully saturated rings. The number of nitrogens with zero attached hydrogens (tertiary/aromatic N) is 6. The van der Waals surface area contributed by atoms with Gasteiger partial charge in [0, 0.05) is 105 Å². The van der Waals surface area contributed by atoms with Gasteiger partial charge >= 0.3 is 0 Å². The average Bonchev–Trinajstić information content (AvgIpc) is 3.08. The van der Waals surface area contributed by atoms with Gasteiger partial charge in [-0.05, 0) is 104 Å². The molecule has 0 aromatic carbocycles. The van der Waals surface area contributed by atoms with Gasteiger partial charge in [-0.2, -0.15) is 0 Å². The van der Waals surface area contributed by atoms with Gasteiger partial charge in [-0.25, -0.2) is 0 Å². The summed E-state index contributed by atoms with van der Waals surface area (Å²) in [6.07, 6.45) is 13.1. The highest BCUT2D eigenvalue weighted by Crippen LogP contribution is 2.08. The van der Waals surface area contributed by atoms with Crippen molar-refractivity contribution in [2.45, 2.75) is 64.2 Å². The SMILES string of the molecule is NCCCCCN1CCN(CCCCCN2CCNCC2)CC1.NCCCCN1CCN(CCCCN2CCNCC2)CC1. The van der Waals surface area contributed by atoms with Gasteiger partial charge in [0.1, 0.15) is 0 Å². The summed E-state index contributed by atoms with van der Waals surface area (Å²) >= 11 is 0. The molecule has 44 heavy (non-hydrogen) atoms. The Morgan fingerprint density at radius 2 is 0.523 bits per heavy atom. The first-order valence-electron chi connectivity index (χ1n) is 18.9. The van der Waals surface area contributed by atoms with Gasteiger partial charge in [0.05, 0.1) is 0 Å². The number of hydrogen-bond donors (Lipinski definition) is 4. The summed E-state index contributed by atoms with van der Waals surface area (Å²) in [5.74, 6) is 0. The maximum Gasteiger partial charge on any atom is 0.0110 e. The van der Waals surface area contributed by atoms with E-state index in [0.29, 0.717) is 0 Å². The van der Waals surface area contributed by atoms with Crippen LogP contribution in [0.15, 0.2) is 0 Å². The van der Waals surface area contributed by atoms with Crippen molar-refractivity contribution in [1.29, 1.82) is 0 Å². The monoisotopic (exact) mass is 623 g/mol. The Labute approximate surface area is 272 Å². The molecule has 6 N–H and O–H groups in total. The lowest BCUT2D eigenvalue weighted by Gasteiger charge is -2.35. The quantitative estimate of drug-likeness (QED) is 0.146. The zero-order valence-electron chi connectivity index (χ0n) is 28.9. The van der Waals surface area contributed by atoms with Crippen LogP contribution in [0.5, 0.6) is 0 Å². The van der Waals surface area contributed by atoms with Crippen molar-refractivity contribution in [2.24, 2.45) is 11.5 Å². The molecule has 4 rings (SSSR count). The Kier molecular flexibility index (Phi) is 22.2. The smallest absolute Gasteiger partial charge is 0.0110 e. The van der Waals surface area contributed by atoms with E-state index >= 15 is 0 Å². The van der Waals surface area contributed by atoms with E-state index in [1.807, 2.05) is 0 Å². The van der Waals surface area contributed by atoms with E-state index in [0.717, 1.165) is 13.1 Å². The molecule has 0 amide bonds. The van der Waals surface area contributed by atoms with Crippen LogP contribution in [-0.4, -0.2) is 186 Å². The van der Waals surface area contributed by atoms with Crippen molar-refractivity contribution in [3.05, 3.63) is 0 Å². The summed E-state index contributed by atoms with van der Waals surface area (Å²) in [4.78, 5) is 15.8. The maximum atomic E-state index is 5.55. The van der Waals surface area contributed by atoms with Crippen LogP contribution in [0.4, 0.5) is 0 Å². The molecule has 0 radical (unpaired) electrons. The number of nitrogens with two attached hydrogens (primary N) is 2. The second kappa shape index (κ2) is 25.7. The lowest BCUT2D eigenvalue weighted by molar-refractivity contribution is 0.127. The second-order valence-electron chi connectivity index (χ2n) is 13.7. The fraction of sp³-hybridized carbons (Fsp3) is 1.00. The highest BCUT2D eigenvalue weighted by Gasteiger charge is 2.17. The summed E-state index contributed by atoms with van der Waals surface area (Å²) in [5, 5.41) is 6.84. The molecule has 0 spiro atoms. The third kappa shape index (κ3) is 18.1. The fourth-order valence-corrected chi connectivity index (χ4v) is 7.00. The van der Waals surface area contributed by atoms with Crippen LogP contribution in [0.25, 0.3) is 0 Å². The van der Waals surface area contributed by atoms with E-state index in [1.165, 1.54) is 208 Å². The van der Waals surface area contributed by atoms with Crippen molar-refractivity contribution in [1.82, 2.24) is 40.0 Å². The van der Waals surface area contributed by atoms with E-state index in [-0.39, 0.29) is 0 Å². The van der Waals surface area contributed by atoms with Crippen LogP contribution >= 0.6 is 0 Å². The van der Waals surface area contributed by atoms with Crippen molar-refractivity contribution in [3.63, 3.8) is 0 Å². The van der Waals surface area contributed by atoms with Crippen molar-refractivity contribution >= 4 is 0 Å². The van der Waals surface area contributed by atoms with E-state index < -0.39 is 0 Å². The zero-order chi connectivity index (χ0) is 30.9. The van der Waals surface area contributed by atoms with Crippen molar-refractivity contribution in [3.8, 4) is 0 Å². The Bertz CT molecular complexity index is 628. The third-order valence-electron chi connectivity index (χ3n) is 10.1. The summed E-state index contributed by atoms with van der Waals surface area (Å²) < 4.78 is 0. The van der Waals surface area contributed by atoms with E-state index in [2.05, 4.69) is 40.0 Å². The first-order valence-corrected chi connectivity index (χ1v) is 18.9. The minimum Gasteiger partial charge on any atom is -0.330 e. The summed E-state index contributed by atoms with van der Waals surface area (Å²) in [6.45, 7) is 29.2. The minimum absolute atomic E-state index is 0.840. The lowest BCUT2D eigenvalue weighted by atomic mass is 10.2. The number of nitrogens with one attached hydrogen (secondary N) is 2. The molecular weight excluding hydrogens is 548 g/mol. The van der Waals surface area contributed by atoms with Crippen LogP contribution in [0.2, 0.25) is 0 Å². The van der Waals surface area contributed by atoms with Gasteiger partial charge in [0.15, 0.2) is 0 Å². The number of hydrogen-bond acceptors (Lipinski definition) is 10. The molecule has 4 saturated heterocycles. The zero-order valence-corrected chi connectivity index (χ0v) is 28.9. The maximum absolute atomic E-state index is 5.55. The summed E-state index contributed by atoms with van der Waals surface area (Å²) in [5.41, 5.74) is 11.1. The standard InChI is InChI=1S/C18H39N5.C16H35N5/c19-7-3-1-4-11-22-15-17-23(18-16-22)12-6-2-5-10-21-13-8-20-9-14-21;17-5-1-2-8-20-13-15-21(16-14-20)10-4-3-9-19-11-6-18-7-12-19/h20H,1-19H2;18H,1-17H2. The molecule has 10 nitrogen and oxygen atoms in total. The van der Waals surface area contributed by atoms with Gasteiger partial charge in [-0.1, -0.05) is 12.8 Å². The van der Waals surface area contributed by atoms with Crippen LogP contribution < -0.4 is 22.1 Å². The lowest BCUT2D eigenvalue weighted by Crippen LogP contribution is -2.47. The fourth-order valence-electron chi connectivity index (χ4n) is 7.00. The average molecular weight is 623 g/mol. The Hall–Kier alpha value is -0.400. The van der Waals surface area contributed by atoms with Gasteiger partial charge in [-0.15, -0.1) is 0 Å². The highest BCUT2D eigenvalue weighted by molar-refractivity contribution is 4.74. The molecule has 0 atom stereocenters. The predicted octanol–water partition coefficient (Wildman–Crippen LogP) is 0.837. The minimum atomic E-state index is 0.840. The van der Waals surface area contributed by atoms with Crippen molar-refractivity contribution in [2.75, 3.05) is 157 Å². The molecule has 4 heterocycles. The van der Waals surface area contributed by atoms with E-state index in [4.69, 9.17) is 11.5 Å². The van der Waals surface area contributed by atoms with Gasteiger partial charge in [-0.3, -0.25) is 0 Å². The second-order valence-corrected chi connectivity index (χ2v) is 13.7. The molecule has 4 aliphatic rings. The predicted molar refractivity (Wildman–Crippen MR) is 189 cm³/mol. The van der Waals surface area contributed by atoms with Crippen LogP contribution in [0.3, 0.4) is 0 Å². The molecule has 260 valence electrons. The van der Waals surface area contributed by atoms with Gasteiger partial charge in [0.25, 0.3) is 0 Å². The normalized spacial score (nSPS) is 22.2. The Balaban J connectivity index is 0.000000241. The van der Waals surface area contributed by atoms with Gasteiger partial charge in [0.2, 0.25) is 0 Å². The van der Waals surface area contributed by atoms with Crippen LogP contribution in [-0.2, 0) is 0 Å². The largest absolute Gasteiger partial charge is 0.330 e.